The van der Waals surface area contributed by atoms with Gasteiger partial charge in [-0.25, -0.2) is 4.98 Å². The number of rotatable bonds is 4. The van der Waals surface area contributed by atoms with E-state index in [0.29, 0.717) is 28.5 Å². The number of hydrogen-bond donors (Lipinski definition) is 1. The van der Waals surface area contributed by atoms with Gasteiger partial charge < -0.3 is 9.52 Å². The van der Waals surface area contributed by atoms with E-state index in [1.807, 2.05) is 24.3 Å². The molecule has 0 spiro atoms. The number of oxazole rings is 1. The van der Waals surface area contributed by atoms with Crippen molar-refractivity contribution in [2.45, 2.75) is 19.3 Å². The van der Waals surface area contributed by atoms with Gasteiger partial charge in [0.2, 0.25) is 0 Å². The number of benzene rings is 2. The SMILES string of the molecule is CC(C(=O)O)c1ccc2nc(Cc3ccc(Cl)cc3)oc2c1. The van der Waals surface area contributed by atoms with Gasteiger partial charge in [-0.1, -0.05) is 29.8 Å². The number of hydrogen-bond acceptors (Lipinski definition) is 3. The maximum absolute atomic E-state index is 11.1. The fraction of sp³-hybridized carbons (Fsp3) is 0.176. The molecule has 5 heteroatoms. The van der Waals surface area contributed by atoms with Crippen molar-refractivity contribution >= 4 is 28.7 Å². The summed E-state index contributed by atoms with van der Waals surface area (Å²) >= 11 is 5.86. The summed E-state index contributed by atoms with van der Waals surface area (Å²) in [6.07, 6.45) is 0.565. The molecule has 3 aromatic rings. The van der Waals surface area contributed by atoms with Crippen LogP contribution in [0, 0.1) is 0 Å². The first-order valence-electron chi connectivity index (χ1n) is 6.89. The molecule has 0 aliphatic heterocycles. The highest BCUT2D eigenvalue weighted by atomic mass is 35.5. The lowest BCUT2D eigenvalue weighted by Crippen LogP contribution is -2.06. The number of halogens is 1. The van der Waals surface area contributed by atoms with Crippen LogP contribution in [-0.2, 0) is 11.2 Å². The second kappa shape index (κ2) is 5.81. The Balaban J connectivity index is 1.89. The predicted octanol–water partition coefficient (Wildman–Crippen LogP) is 4.26. The van der Waals surface area contributed by atoms with Crippen LogP contribution < -0.4 is 0 Å². The van der Waals surface area contributed by atoms with Crippen molar-refractivity contribution < 1.29 is 14.3 Å². The predicted molar refractivity (Wildman–Crippen MR) is 84.3 cm³/mol. The van der Waals surface area contributed by atoms with Gasteiger partial charge in [0.1, 0.15) is 5.52 Å². The summed E-state index contributed by atoms with van der Waals surface area (Å²) in [5.74, 6) is -0.841. The molecular formula is C17H14ClNO3. The smallest absolute Gasteiger partial charge is 0.310 e. The summed E-state index contributed by atoms with van der Waals surface area (Å²) in [4.78, 5) is 15.5. The Kier molecular flexibility index (Phi) is 3.86. The normalized spacial score (nSPS) is 12.5. The lowest BCUT2D eigenvalue weighted by Gasteiger charge is -2.04. The zero-order valence-corrected chi connectivity index (χ0v) is 12.7. The van der Waals surface area contributed by atoms with E-state index < -0.39 is 11.9 Å². The zero-order chi connectivity index (χ0) is 15.7. The number of carboxylic acids is 1. The molecule has 0 amide bonds. The Morgan fingerprint density at radius 2 is 2.00 bits per heavy atom. The standard InChI is InChI=1S/C17H14ClNO3/c1-10(17(20)21)12-4-7-14-15(9-12)22-16(19-14)8-11-2-5-13(18)6-3-11/h2-7,9-10H,8H2,1H3,(H,20,21). The quantitative estimate of drug-likeness (QED) is 0.781. The molecule has 1 atom stereocenters. The Hall–Kier alpha value is -2.33. The van der Waals surface area contributed by atoms with Gasteiger partial charge in [-0.2, -0.15) is 0 Å². The molecule has 2 aromatic carbocycles. The van der Waals surface area contributed by atoms with Crippen LogP contribution in [-0.4, -0.2) is 16.1 Å². The van der Waals surface area contributed by atoms with Crippen LogP contribution in [0.4, 0.5) is 0 Å². The molecule has 0 aliphatic rings. The second-order valence-corrected chi connectivity index (χ2v) is 5.63. The average molecular weight is 316 g/mol. The van der Waals surface area contributed by atoms with Gasteiger partial charge in [-0.05, 0) is 42.3 Å². The molecule has 0 saturated heterocycles. The molecule has 1 heterocycles. The Bertz CT molecular complexity index is 824. The van der Waals surface area contributed by atoms with E-state index in [1.165, 1.54) is 0 Å². The molecule has 3 rings (SSSR count). The largest absolute Gasteiger partial charge is 0.481 e. The summed E-state index contributed by atoms with van der Waals surface area (Å²) in [6.45, 7) is 1.65. The van der Waals surface area contributed by atoms with Crippen LogP contribution >= 0.6 is 11.6 Å². The van der Waals surface area contributed by atoms with Crippen LogP contribution in [0.5, 0.6) is 0 Å². The van der Waals surface area contributed by atoms with Crippen molar-refractivity contribution in [3.8, 4) is 0 Å². The van der Waals surface area contributed by atoms with E-state index in [9.17, 15) is 4.79 Å². The van der Waals surface area contributed by atoms with Crippen LogP contribution in [0.2, 0.25) is 5.02 Å². The lowest BCUT2D eigenvalue weighted by molar-refractivity contribution is -0.138. The zero-order valence-electron chi connectivity index (χ0n) is 11.9. The van der Waals surface area contributed by atoms with Crippen molar-refractivity contribution in [2.24, 2.45) is 0 Å². The molecule has 0 bridgehead atoms. The van der Waals surface area contributed by atoms with Crippen molar-refractivity contribution in [2.75, 3.05) is 0 Å². The maximum atomic E-state index is 11.1. The molecule has 1 aromatic heterocycles. The van der Waals surface area contributed by atoms with Gasteiger partial charge in [0.15, 0.2) is 11.5 Å². The minimum atomic E-state index is -0.861. The minimum Gasteiger partial charge on any atom is -0.481 e. The van der Waals surface area contributed by atoms with Gasteiger partial charge >= 0.3 is 5.97 Å². The Morgan fingerprint density at radius 1 is 1.27 bits per heavy atom. The Morgan fingerprint density at radius 3 is 2.68 bits per heavy atom. The third-order valence-electron chi connectivity index (χ3n) is 3.60. The summed E-state index contributed by atoms with van der Waals surface area (Å²) in [5.41, 5.74) is 3.09. The fourth-order valence-corrected chi connectivity index (χ4v) is 2.38. The molecule has 4 nitrogen and oxygen atoms in total. The number of fused-ring (bicyclic) bond motifs is 1. The van der Waals surface area contributed by atoms with E-state index in [1.54, 1.807) is 25.1 Å². The van der Waals surface area contributed by atoms with E-state index in [0.717, 1.165) is 11.1 Å². The monoisotopic (exact) mass is 315 g/mol. The van der Waals surface area contributed by atoms with E-state index >= 15 is 0 Å². The molecule has 0 aliphatic carbocycles. The fourth-order valence-electron chi connectivity index (χ4n) is 2.25. The number of carbonyl (C=O) groups is 1. The van der Waals surface area contributed by atoms with Crippen molar-refractivity contribution in [1.29, 1.82) is 0 Å². The lowest BCUT2D eigenvalue weighted by atomic mass is 10.0. The summed E-state index contributed by atoms with van der Waals surface area (Å²) in [7, 11) is 0. The first kappa shape index (κ1) is 14.6. The molecule has 22 heavy (non-hydrogen) atoms. The van der Waals surface area contributed by atoms with Crippen molar-refractivity contribution in [1.82, 2.24) is 4.98 Å². The number of aliphatic carboxylic acids is 1. The average Bonchev–Trinajstić information content (AvgIpc) is 2.90. The molecule has 0 saturated carbocycles. The molecule has 1 unspecified atom stereocenters. The van der Waals surface area contributed by atoms with E-state index in [2.05, 4.69) is 4.98 Å². The minimum absolute atomic E-state index is 0.565. The summed E-state index contributed by atoms with van der Waals surface area (Å²) < 4.78 is 5.74. The highest BCUT2D eigenvalue weighted by molar-refractivity contribution is 6.30. The van der Waals surface area contributed by atoms with Gasteiger partial charge in [0.25, 0.3) is 0 Å². The number of aromatic nitrogens is 1. The first-order valence-corrected chi connectivity index (χ1v) is 7.27. The van der Waals surface area contributed by atoms with Crippen LogP contribution in [0.3, 0.4) is 0 Å². The summed E-state index contributed by atoms with van der Waals surface area (Å²) in [6, 6.07) is 12.8. The first-order chi connectivity index (χ1) is 10.5. The third-order valence-corrected chi connectivity index (χ3v) is 3.85. The second-order valence-electron chi connectivity index (χ2n) is 5.20. The van der Waals surface area contributed by atoms with E-state index in [4.69, 9.17) is 21.1 Å². The van der Waals surface area contributed by atoms with Crippen molar-refractivity contribution in [3.63, 3.8) is 0 Å². The molecular weight excluding hydrogens is 302 g/mol. The molecule has 0 fully saturated rings. The molecule has 112 valence electrons. The van der Waals surface area contributed by atoms with Gasteiger partial charge in [-0.15, -0.1) is 0 Å². The van der Waals surface area contributed by atoms with Crippen molar-refractivity contribution in [3.05, 3.63) is 64.5 Å². The van der Waals surface area contributed by atoms with Gasteiger partial charge in [0, 0.05) is 11.4 Å². The van der Waals surface area contributed by atoms with Gasteiger partial charge in [0.05, 0.1) is 5.92 Å². The highest BCUT2D eigenvalue weighted by Gasteiger charge is 2.15. The topological polar surface area (TPSA) is 63.3 Å². The molecule has 1 N–H and O–H groups in total. The van der Waals surface area contributed by atoms with Crippen LogP contribution in [0.1, 0.15) is 29.9 Å². The number of nitrogens with zero attached hydrogens (tertiary/aromatic N) is 1. The molecule has 0 radical (unpaired) electrons. The third kappa shape index (κ3) is 2.97. The van der Waals surface area contributed by atoms with Gasteiger partial charge in [-0.3, -0.25) is 4.79 Å². The highest BCUT2D eigenvalue weighted by Crippen LogP contribution is 2.24. The maximum Gasteiger partial charge on any atom is 0.310 e. The number of carboxylic acid groups (broad SMARTS) is 1. The van der Waals surface area contributed by atoms with E-state index in [-0.39, 0.29) is 0 Å². The Labute approximate surface area is 132 Å². The summed E-state index contributed by atoms with van der Waals surface area (Å²) in [5, 5.41) is 9.76. The van der Waals surface area contributed by atoms with Crippen LogP contribution in [0.25, 0.3) is 11.1 Å². The van der Waals surface area contributed by atoms with Crippen LogP contribution in [0.15, 0.2) is 46.9 Å².